The second kappa shape index (κ2) is 8.12. The Kier molecular flexibility index (Phi) is 5.65. The molecule has 7 heteroatoms. The molecule has 0 spiro atoms. The zero-order valence-electron chi connectivity index (χ0n) is 13.5. The van der Waals surface area contributed by atoms with Gasteiger partial charge in [-0.25, -0.2) is 4.39 Å². The predicted molar refractivity (Wildman–Crippen MR) is 101 cm³/mol. The first-order valence-corrected chi connectivity index (χ1v) is 8.96. The number of carbonyl (C=O) groups excluding carboxylic acids is 2. The van der Waals surface area contributed by atoms with Crippen LogP contribution in [0.4, 0.5) is 10.1 Å². The fourth-order valence-corrected chi connectivity index (χ4v) is 3.07. The molecule has 2 amide bonds. The molecule has 4 nitrogen and oxygen atoms in total. The summed E-state index contributed by atoms with van der Waals surface area (Å²) in [6, 6.07) is 14.1. The highest BCUT2D eigenvalue weighted by atomic mass is 35.5. The molecule has 0 aliphatic carbocycles. The van der Waals surface area contributed by atoms with Crippen LogP contribution in [-0.4, -0.2) is 11.8 Å². The van der Waals surface area contributed by atoms with Gasteiger partial charge in [-0.15, -0.1) is 11.3 Å². The van der Waals surface area contributed by atoms with Gasteiger partial charge in [-0.1, -0.05) is 29.8 Å². The summed E-state index contributed by atoms with van der Waals surface area (Å²) in [6.07, 6.45) is 0. The Bertz CT molecular complexity index is 944. The van der Waals surface area contributed by atoms with E-state index in [2.05, 4.69) is 10.6 Å². The van der Waals surface area contributed by atoms with E-state index in [1.54, 1.807) is 41.8 Å². The molecule has 2 aromatic carbocycles. The van der Waals surface area contributed by atoms with Gasteiger partial charge in [-0.3, -0.25) is 9.59 Å². The first kappa shape index (κ1) is 18.1. The molecule has 1 heterocycles. The third kappa shape index (κ3) is 4.47. The Labute approximate surface area is 158 Å². The average molecular weight is 389 g/mol. The number of thiophene rings is 1. The first-order chi connectivity index (χ1) is 12.5. The van der Waals surface area contributed by atoms with Crippen LogP contribution in [0.25, 0.3) is 0 Å². The molecular weight excluding hydrogens is 375 g/mol. The van der Waals surface area contributed by atoms with E-state index >= 15 is 0 Å². The van der Waals surface area contributed by atoms with Crippen molar-refractivity contribution in [2.75, 3.05) is 5.32 Å². The molecule has 26 heavy (non-hydrogen) atoms. The normalized spacial score (nSPS) is 10.4. The van der Waals surface area contributed by atoms with Gasteiger partial charge in [-0.05, 0) is 47.3 Å². The number of carbonyl (C=O) groups is 2. The van der Waals surface area contributed by atoms with Gasteiger partial charge in [0.1, 0.15) is 5.82 Å². The highest BCUT2D eigenvalue weighted by molar-refractivity contribution is 7.12. The third-order valence-corrected chi connectivity index (χ3v) is 4.76. The predicted octanol–water partition coefficient (Wildman–Crippen LogP) is 4.72. The zero-order chi connectivity index (χ0) is 18.5. The van der Waals surface area contributed by atoms with Gasteiger partial charge >= 0.3 is 0 Å². The molecule has 0 fully saturated rings. The average Bonchev–Trinajstić information content (AvgIpc) is 3.16. The number of anilines is 1. The van der Waals surface area contributed by atoms with Gasteiger partial charge in [0.15, 0.2) is 0 Å². The van der Waals surface area contributed by atoms with Gasteiger partial charge in [-0.2, -0.15) is 0 Å². The summed E-state index contributed by atoms with van der Waals surface area (Å²) in [4.78, 5) is 25.0. The summed E-state index contributed by atoms with van der Waals surface area (Å²) in [5, 5.41) is 7.54. The van der Waals surface area contributed by atoms with Crippen LogP contribution < -0.4 is 10.6 Å². The van der Waals surface area contributed by atoms with Crippen LogP contribution in [0.1, 0.15) is 25.6 Å². The minimum Gasteiger partial charge on any atom is -0.348 e. The second-order valence-corrected chi connectivity index (χ2v) is 6.79. The van der Waals surface area contributed by atoms with E-state index in [1.165, 1.54) is 29.5 Å². The van der Waals surface area contributed by atoms with E-state index < -0.39 is 0 Å². The maximum Gasteiger partial charge on any atom is 0.265 e. The molecule has 0 radical (unpaired) electrons. The lowest BCUT2D eigenvalue weighted by molar-refractivity contribution is 0.0949. The fourth-order valence-electron chi connectivity index (χ4n) is 2.29. The molecule has 3 aromatic rings. The van der Waals surface area contributed by atoms with E-state index in [0.717, 1.165) is 0 Å². The maximum atomic E-state index is 13.2. The number of nitrogens with one attached hydrogen (secondary N) is 2. The smallest absolute Gasteiger partial charge is 0.265 e. The lowest BCUT2D eigenvalue weighted by atomic mass is 10.1. The lowest BCUT2D eigenvalue weighted by Crippen LogP contribution is -2.23. The molecule has 0 atom stereocenters. The van der Waals surface area contributed by atoms with E-state index in [1.807, 2.05) is 0 Å². The Balaban J connectivity index is 1.70. The van der Waals surface area contributed by atoms with E-state index in [-0.39, 0.29) is 24.2 Å². The lowest BCUT2D eigenvalue weighted by Gasteiger charge is -2.10. The van der Waals surface area contributed by atoms with E-state index in [4.69, 9.17) is 11.6 Å². The molecule has 0 unspecified atom stereocenters. The molecule has 1 aromatic heterocycles. The van der Waals surface area contributed by atoms with Gasteiger partial charge < -0.3 is 10.6 Å². The first-order valence-electron chi connectivity index (χ1n) is 7.70. The van der Waals surface area contributed by atoms with Crippen LogP contribution in [0.3, 0.4) is 0 Å². The Morgan fingerprint density at radius 1 is 1.04 bits per heavy atom. The number of benzene rings is 2. The summed E-state index contributed by atoms with van der Waals surface area (Å²) in [5.74, 6) is -1.00. The summed E-state index contributed by atoms with van der Waals surface area (Å²) in [7, 11) is 0. The van der Waals surface area contributed by atoms with Crippen LogP contribution in [0.2, 0.25) is 5.02 Å². The molecule has 0 aliphatic rings. The number of halogens is 2. The van der Waals surface area contributed by atoms with Crippen LogP contribution in [0.15, 0.2) is 60.0 Å². The largest absolute Gasteiger partial charge is 0.348 e. The summed E-state index contributed by atoms with van der Waals surface area (Å²) in [6.45, 7) is 0.191. The highest BCUT2D eigenvalue weighted by Crippen LogP contribution is 2.24. The van der Waals surface area contributed by atoms with Gasteiger partial charge in [0.25, 0.3) is 11.8 Å². The fraction of sp³-hybridized carbons (Fsp3) is 0.0526. The van der Waals surface area contributed by atoms with Crippen molar-refractivity contribution in [2.24, 2.45) is 0 Å². The van der Waals surface area contributed by atoms with Crippen molar-refractivity contribution in [2.45, 2.75) is 6.54 Å². The molecule has 0 aliphatic heterocycles. The van der Waals surface area contributed by atoms with Crippen LogP contribution in [-0.2, 0) is 6.54 Å². The monoisotopic (exact) mass is 388 g/mol. The van der Waals surface area contributed by atoms with Gasteiger partial charge in [0, 0.05) is 12.1 Å². The zero-order valence-corrected chi connectivity index (χ0v) is 15.0. The van der Waals surface area contributed by atoms with Crippen molar-refractivity contribution < 1.29 is 14.0 Å². The Morgan fingerprint density at radius 2 is 1.88 bits per heavy atom. The standard InChI is InChI=1S/C19H14ClFN2O2S/c20-15-7-6-13(10-16(15)23-19(25)17-5-2-8-26-17)18(24)22-11-12-3-1-4-14(21)9-12/h1-10H,11H2,(H,22,24)(H,23,25). The van der Waals surface area contributed by atoms with Crippen molar-refractivity contribution in [1.29, 1.82) is 0 Å². The minimum atomic E-state index is -0.359. The SMILES string of the molecule is O=C(NCc1cccc(F)c1)c1ccc(Cl)c(NC(=O)c2cccs2)c1. The van der Waals surface area contributed by atoms with Crippen LogP contribution in [0.5, 0.6) is 0 Å². The summed E-state index contributed by atoms with van der Waals surface area (Å²) >= 11 is 7.42. The van der Waals surface area contributed by atoms with E-state index in [0.29, 0.717) is 26.7 Å². The Morgan fingerprint density at radius 3 is 2.62 bits per heavy atom. The van der Waals surface area contributed by atoms with Gasteiger partial charge in [0.2, 0.25) is 0 Å². The van der Waals surface area contributed by atoms with Gasteiger partial charge in [0.05, 0.1) is 15.6 Å². The van der Waals surface area contributed by atoms with Crippen LogP contribution >= 0.6 is 22.9 Å². The number of amides is 2. The number of hydrogen-bond donors (Lipinski definition) is 2. The minimum absolute atomic E-state index is 0.191. The summed E-state index contributed by atoms with van der Waals surface area (Å²) in [5.41, 5.74) is 1.34. The molecule has 132 valence electrons. The quantitative estimate of drug-likeness (QED) is 0.664. The van der Waals surface area contributed by atoms with Crippen molar-refractivity contribution in [3.8, 4) is 0 Å². The Hall–Kier alpha value is -2.70. The third-order valence-electron chi connectivity index (χ3n) is 3.56. The summed E-state index contributed by atoms with van der Waals surface area (Å²) < 4.78 is 13.2. The van der Waals surface area contributed by atoms with Crippen molar-refractivity contribution in [3.63, 3.8) is 0 Å². The maximum absolute atomic E-state index is 13.2. The van der Waals surface area contributed by atoms with Crippen molar-refractivity contribution in [3.05, 3.63) is 86.8 Å². The molecule has 0 saturated carbocycles. The topological polar surface area (TPSA) is 58.2 Å². The number of hydrogen-bond acceptors (Lipinski definition) is 3. The molecule has 2 N–H and O–H groups in total. The molecule has 3 rings (SSSR count). The molecule has 0 saturated heterocycles. The van der Waals surface area contributed by atoms with Crippen molar-refractivity contribution >= 4 is 40.4 Å². The number of rotatable bonds is 5. The molecular formula is C19H14ClFN2O2S. The van der Waals surface area contributed by atoms with E-state index in [9.17, 15) is 14.0 Å². The highest BCUT2D eigenvalue weighted by Gasteiger charge is 2.13. The van der Waals surface area contributed by atoms with Crippen molar-refractivity contribution in [1.82, 2.24) is 5.32 Å². The second-order valence-electron chi connectivity index (χ2n) is 5.44. The molecule has 0 bridgehead atoms. The van der Waals surface area contributed by atoms with Crippen LogP contribution in [0, 0.1) is 5.82 Å².